The molecule has 4 heterocycles. The Labute approximate surface area is 233 Å². The van der Waals surface area contributed by atoms with E-state index in [1.54, 1.807) is 4.31 Å². The van der Waals surface area contributed by atoms with Crippen LogP contribution in [0.4, 0.5) is 14.6 Å². The molecule has 0 amide bonds. The Balaban J connectivity index is 0.000000247. The molecule has 3 unspecified atom stereocenters. The zero-order valence-electron chi connectivity index (χ0n) is 22.7. The van der Waals surface area contributed by atoms with Crippen LogP contribution in [0, 0.1) is 0 Å². The van der Waals surface area contributed by atoms with Gasteiger partial charge in [-0.3, -0.25) is 4.98 Å². The van der Waals surface area contributed by atoms with Gasteiger partial charge in [0.15, 0.2) is 0 Å². The first-order valence-corrected chi connectivity index (χ1v) is 14.3. The number of pyridine rings is 2. The standard InChI is InChI=1S/C22H23N3O2.C7H14F2N2S/c1-15-13-25(14-16(2)27-15)22-5-3-4-21(24-22)17-6-7-18-12-23-20(8-9-26)11-19(18)10-17;1-10-6-3-2-4-11(5-6)12-7(8)9/h3-7,9-12,15-16H,8,13-14H2,1-2H3;6-7,10H,2-5H2,1H3. The van der Waals surface area contributed by atoms with E-state index in [1.165, 1.54) is 0 Å². The summed E-state index contributed by atoms with van der Waals surface area (Å²) >= 11 is 0.654. The summed E-state index contributed by atoms with van der Waals surface area (Å²) in [5.74, 6) is -1.30. The minimum atomic E-state index is -2.28. The average Bonchev–Trinajstić information content (AvgIpc) is 2.92. The summed E-state index contributed by atoms with van der Waals surface area (Å²) in [5.41, 5.74) is 2.78. The van der Waals surface area contributed by atoms with E-state index in [9.17, 15) is 13.6 Å². The van der Waals surface area contributed by atoms with Crippen molar-refractivity contribution in [3.63, 3.8) is 0 Å². The zero-order valence-corrected chi connectivity index (χ0v) is 23.5. The highest BCUT2D eigenvalue weighted by molar-refractivity contribution is 7.97. The number of rotatable bonds is 7. The first kappa shape index (κ1) is 29.3. The van der Waals surface area contributed by atoms with Gasteiger partial charge in [-0.1, -0.05) is 18.2 Å². The lowest BCUT2D eigenvalue weighted by molar-refractivity contribution is -0.107. The van der Waals surface area contributed by atoms with Gasteiger partial charge in [0, 0.05) is 61.5 Å². The predicted molar refractivity (Wildman–Crippen MR) is 154 cm³/mol. The Morgan fingerprint density at radius 2 is 1.92 bits per heavy atom. The second kappa shape index (κ2) is 14.1. The summed E-state index contributed by atoms with van der Waals surface area (Å²) in [5, 5.41) is 5.23. The van der Waals surface area contributed by atoms with Crippen LogP contribution < -0.4 is 10.2 Å². The van der Waals surface area contributed by atoms with Crippen molar-refractivity contribution in [2.24, 2.45) is 0 Å². The molecule has 2 aliphatic heterocycles. The lowest BCUT2D eigenvalue weighted by Gasteiger charge is -2.36. The molecule has 10 heteroatoms. The number of halogens is 2. The number of hydrogen-bond acceptors (Lipinski definition) is 8. The fourth-order valence-electron chi connectivity index (χ4n) is 5.05. The van der Waals surface area contributed by atoms with E-state index in [2.05, 4.69) is 59.4 Å². The van der Waals surface area contributed by atoms with Gasteiger partial charge in [0.2, 0.25) is 0 Å². The van der Waals surface area contributed by atoms with E-state index in [4.69, 9.17) is 9.72 Å². The van der Waals surface area contributed by atoms with Gasteiger partial charge in [0.05, 0.1) is 17.9 Å². The Morgan fingerprint density at radius 1 is 1.13 bits per heavy atom. The van der Waals surface area contributed by atoms with E-state index in [0.717, 1.165) is 78.8 Å². The SMILES string of the molecule is CC1CN(c2cccc(-c3ccc4cnc(CC=O)cc4c3)n2)CC(C)O1.CNC1CCCN(SC(F)F)C1. The Bertz CT molecular complexity index is 1220. The molecular weight excluding hydrogens is 520 g/mol. The van der Waals surface area contributed by atoms with Crippen LogP contribution >= 0.6 is 11.9 Å². The summed E-state index contributed by atoms with van der Waals surface area (Å²) in [6.45, 7) is 7.40. The highest BCUT2D eigenvalue weighted by atomic mass is 32.2. The molecule has 7 nitrogen and oxygen atoms in total. The average molecular weight is 558 g/mol. The number of carbonyl (C=O) groups excluding carboxylic acids is 1. The number of likely N-dealkylation sites (N-methyl/N-ethyl adjacent to an activating group) is 1. The van der Waals surface area contributed by atoms with Gasteiger partial charge in [0.25, 0.3) is 5.76 Å². The molecule has 0 aliphatic carbocycles. The summed E-state index contributed by atoms with van der Waals surface area (Å²) in [6.07, 6.45) is 5.53. The quantitative estimate of drug-likeness (QED) is 0.314. The number of nitrogens with zero attached hydrogens (tertiary/aromatic N) is 4. The molecule has 1 aromatic carbocycles. The molecule has 5 rings (SSSR count). The molecular formula is C29H37F2N5O2S. The number of fused-ring (bicyclic) bond motifs is 1. The van der Waals surface area contributed by atoms with Crippen LogP contribution in [0.25, 0.3) is 22.0 Å². The topological polar surface area (TPSA) is 70.6 Å². The van der Waals surface area contributed by atoms with Crippen molar-refractivity contribution < 1.29 is 18.3 Å². The number of nitrogens with one attached hydrogen (secondary N) is 1. The lowest BCUT2D eigenvalue weighted by Crippen LogP contribution is -2.45. The molecule has 0 radical (unpaired) electrons. The molecule has 0 saturated carbocycles. The van der Waals surface area contributed by atoms with Crippen LogP contribution in [-0.2, 0) is 16.0 Å². The summed E-state index contributed by atoms with van der Waals surface area (Å²) in [7, 11) is 1.88. The number of anilines is 1. The number of benzene rings is 1. The number of alkyl halides is 2. The molecule has 210 valence electrons. The maximum atomic E-state index is 12.0. The van der Waals surface area contributed by atoms with Crippen LogP contribution in [0.5, 0.6) is 0 Å². The number of ether oxygens (including phenoxy) is 1. The van der Waals surface area contributed by atoms with Crippen molar-refractivity contribution in [3.8, 4) is 11.3 Å². The number of morpholine rings is 1. The molecule has 2 fully saturated rings. The Morgan fingerprint density at radius 3 is 2.64 bits per heavy atom. The van der Waals surface area contributed by atoms with E-state index in [0.29, 0.717) is 24.4 Å². The van der Waals surface area contributed by atoms with Crippen molar-refractivity contribution >= 4 is 34.8 Å². The second-order valence-electron chi connectivity index (χ2n) is 10.0. The molecule has 0 spiro atoms. The molecule has 2 aromatic heterocycles. The second-order valence-corrected chi connectivity index (χ2v) is 11.1. The van der Waals surface area contributed by atoms with Crippen molar-refractivity contribution in [2.45, 2.75) is 57.1 Å². The van der Waals surface area contributed by atoms with Gasteiger partial charge in [-0.05, 0) is 75.3 Å². The number of piperidine rings is 1. The maximum Gasteiger partial charge on any atom is 0.298 e. The van der Waals surface area contributed by atoms with E-state index < -0.39 is 5.76 Å². The first-order valence-electron chi connectivity index (χ1n) is 13.4. The molecule has 0 bridgehead atoms. The van der Waals surface area contributed by atoms with E-state index in [-0.39, 0.29) is 12.2 Å². The van der Waals surface area contributed by atoms with E-state index in [1.807, 2.05) is 25.4 Å². The van der Waals surface area contributed by atoms with Crippen molar-refractivity contribution in [3.05, 3.63) is 54.4 Å². The summed E-state index contributed by atoms with van der Waals surface area (Å²) in [6, 6.07) is 14.7. The largest absolute Gasteiger partial charge is 0.372 e. The van der Waals surface area contributed by atoms with Gasteiger partial charge in [0.1, 0.15) is 12.1 Å². The van der Waals surface area contributed by atoms with Crippen LogP contribution in [-0.4, -0.2) is 77.8 Å². The number of hydrogen-bond donors (Lipinski definition) is 1. The minimum absolute atomic E-state index is 0.198. The van der Waals surface area contributed by atoms with Crippen molar-refractivity contribution in [2.75, 3.05) is 38.1 Å². The van der Waals surface area contributed by atoms with Gasteiger partial charge in [-0.25, -0.2) is 9.29 Å². The number of aromatic nitrogens is 2. The number of aldehydes is 1. The first-order chi connectivity index (χ1) is 18.8. The fourth-order valence-corrected chi connectivity index (χ4v) is 5.78. The predicted octanol–water partition coefficient (Wildman–Crippen LogP) is 5.19. The van der Waals surface area contributed by atoms with Gasteiger partial charge in [-0.15, -0.1) is 0 Å². The number of carbonyl (C=O) groups is 1. The smallest absolute Gasteiger partial charge is 0.298 e. The van der Waals surface area contributed by atoms with E-state index >= 15 is 0 Å². The zero-order chi connectivity index (χ0) is 27.8. The van der Waals surface area contributed by atoms with Crippen molar-refractivity contribution in [1.29, 1.82) is 0 Å². The molecule has 3 atom stereocenters. The molecule has 2 saturated heterocycles. The lowest BCUT2D eigenvalue weighted by atomic mass is 10.0. The fraction of sp³-hybridized carbons (Fsp3) is 0.483. The molecule has 3 aromatic rings. The molecule has 2 aliphatic rings. The third-order valence-electron chi connectivity index (χ3n) is 6.87. The normalized spacial score (nSPS) is 22.0. The van der Waals surface area contributed by atoms with Gasteiger partial charge >= 0.3 is 0 Å². The van der Waals surface area contributed by atoms with Crippen LogP contribution in [0.2, 0.25) is 0 Å². The Hall–Kier alpha value is -2.66. The molecule has 39 heavy (non-hydrogen) atoms. The third kappa shape index (κ3) is 8.41. The van der Waals surface area contributed by atoms with Gasteiger partial charge < -0.3 is 19.7 Å². The highest BCUT2D eigenvalue weighted by Crippen LogP contribution is 2.27. The van der Waals surface area contributed by atoms with Crippen LogP contribution in [0.15, 0.2) is 48.7 Å². The van der Waals surface area contributed by atoms with Crippen LogP contribution in [0.1, 0.15) is 32.4 Å². The monoisotopic (exact) mass is 557 g/mol. The minimum Gasteiger partial charge on any atom is -0.372 e. The summed E-state index contributed by atoms with van der Waals surface area (Å²) in [4.78, 5) is 22.3. The molecule has 1 N–H and O–H groups in total. The summed E-state index contributed by atoms with van der Waals surface area (Å²) < 4.78 is 31.5. The van der Waals surface area contributed by atoms with Crippen molar-refractivity contribution in [1.82, 2.24) is 19.6 Å². The van der Waals surface area contributed by atoms with Crippen LogP contribution in [0.3, 0.4) is 0 Å². The highest BCUT2D eigenvalue weighted by Gasteiger charge is 2.23. The third-order valence-corrected chi connectivity index (χ3v) is 7.65. The maximum absolute atomic E-state index is 12.0. The van der Waals surface area contributed by atoms with Gasteiger partial charge in [-0.2, -0.15) is 8.78 Å². The Kier molecular flexibility index (Phi) is 10.6.